The van der Waals surface area contributed by atoms with Crippen LogP contribution >= 0.6 is 11.3 Å². The van der Waals surface area contributed by atoms with Crippen molar-refractivity contribution >= 4 is 27.3 Å². The van der Waals surface area contributed by atoms with E-state index in [2.05, 4.69) is 10.3 Å². The van der Waals surface area contributed by atoms with Gasteiger partial charge >= 0.3 is 0 Å². The van der Waals surface area contributed by atoms with Crippen molar-refractivity contribution in [2.45, 2.75) is 6.92 Å². The molecule has 84 valence electrons. The molecular weight excluding hydrogens is 229 g/mol. The average molecular weight is 239 g/mol. The fourth-order valence-corrected chi connectivity index (χ4v) is 2.62. The minimum atomic E-state index is -0.304. The zero-order valence-electron chi connectivity index (χ0n) is 8.83. The molecule has 1 heterocycles. The number of fused-ring (bicyclic) bond motifs is 1. The van der Waals surface area contributed by atoms with Crippen molar-refractivity contribution in [3.05, 3.63) is 34.5 Å². The van der Waals surface area contributed by atoms with Crippen LogP contribution in [0.2, 0.25) is 0 Å². The molecule has 0 aliphatic rings. The first-order valence-corrected chi connectivity index (χ1v) is 5.47. The van der Waals surface area contributed by atoms with Crippen LogP contribution in [-0.4, -0.2) is 13.0 Å². The molecule has 2 aromatic rings. The standard InChI is InChI=1S/C11H10FNO2S/c1-6-8-5-7(12)3-4-9(8)16-10(6)11(14)13-15-2/h3-5H,1-2H3,(H,13,14). The number of carbonyl (C=O) groups is 1. The smallest absolute Gasteiger partial charge is 0.277 e. The van der Waals surface area contributed by atoms with Gasteiger partial charge in [-0.3, -0.25) is 9.63 Å². The molecule has 0 aliphatic carbocycles. The van der Waals surface area contributed by atoms with Crippen LogP contribution in [0.3, 0.4) is 0 Å². The van der Waals surface area contributed by atoms with Crippen LogP contribution in [0.25, 0.3) is 10.1 Å². The highest BCUT2D eigenvalue weighted by atomic mass is 32.1. The number of nitrogens with one attached hydrogen (secondary N) is 1. The Bertz CT molecular complexity index is 550. The van der Waals surface area contributed by atoms with Crippen molar-refractivity contribution in [1.29, 1.82) is 0 Å². The second kappa shape index (κ2) is 4.19. The number of hydrogen-bond donors (Lipinski definition) is 1. The maximum atomic E-state index is 13.1. The number of carbonyl (C=O) groups excluding carboxylic acids is 1. The summed E-state index contributed by atoms with van der Waals surface area (Å²) in [6, 6.07) is 4.49. The van der Waals surface area contributed by atoms with Crippen LogP contribution < -0.4 is 5.48 Å². The normalized spacial score (nSPS) is 10.7. The fourth-order valence-electron chi connectivity index (χ4n) is 1.55. The number of aryl methyl sites for hydroxylation is 1. The van der Waals surface area contributed by atoms with E-state index in [1.54, 1.807) is 13.0 Å². The average Bonchev–Trinajstić information content (AvgIpc) is 2.57. The number of amides is 1. The van der Waals surface area contributed by atoms with Gasteiger partial charge in [0.1, 0.15) is 5.82 Å². The van der Waals surface area contributed by atoms with Crippen LogP contribution in [0.1, 0.15) is 15.2 Å². The number of thiophene rings is 1. The van der Waals surface area contributed by atoms with Gasteiger partial charge in [-0.2, -0.15) is 0 Å². The number of hydroxylamine groups is 1. The van der Waals surface area contributed by atoms with Gasteiger partial charge in [0.2, 0.25) is 0 Å². The third-order valence-corrected chi connectivity index (χ3v) is 3.57. The summed E-state index contributed by atoms with van der Waals surface area (Å²) in [7, 11) is 1.38. The summed E-state index contributed by atoms with van der Waals surface area (Å²) in [4.78, 5) is 16.7. The Balaban J connectivity index is 2.56. The first-order valence-electron chi connectivity index (χ1n) is 4.65. The van der Waals surface area contributed by atoms with E-state index >= 15 is 0 Å². The van der Waals surface area contributed by atoms with Gasteiger partial charge < -0.3 is 0 Å². The first-order chi connectivity index (χ1) is 7.63. The summed E-state index contributed by atoms with van der Waals surface area (Å²) in [5, 5.41) is 0.770. The Hall–Kier alpha value is -1.46. The van der Waals surface area contributed by atoms with E-state index < -0.39 is 0 Å². The highest BCUT2D eigenvalue weighted by Crippen LogP contribution is 2.31. The molecule has 1 amide bonds. The van der Waals surface area contributed by atoms with E-state index in [9.17, 15) is 9.18 Å². The lowest BCUT2D eigenvalue weighted by Crippen LogP contribution is -2.21. The molecule has 5 heteroatoms. The van der Waals surface area contributed by atoms with Gasteiger partial charge in [-0.1, -0.05) is 0 Å². The number of halogens is 1. The van der Waals surface area contributed by atoms with Crippen molar-refractivity contribution in [3.63, 3.8) is 0 Å². The lowest BCUT2D eigenvalue weighted by Gasteiger charge is -1.99. The molecule has 0 fully saturated rings. The van der Waals surface area contributed by atoms with Crippen LogP contribution in [0.15, 0.2) is 18.2 Å². The maximum absolute atomic E-state index is 13.1. The van der Waals surface area contributed by atoms with Gasteiger partial charge in [0.15, 0.2) is 0 Å². The molecule has 16 heavy (non-hydrogen) atoms. The van der Waals surface area contributed by atoms with Crippen molar-refractivity contribution in [2.24, 2.45) is 0 Å². The summed E-state index contributed by atoms with van der Waals surface area (Å²) in [6.07, 6.45) is 0. The largest absolute Gasteiger partial charge is 0.285 e. The lowest BCUT2D eigenvalue weighted by molar-refractivity contribution is 0.0541. The van der Waals surface area contributed by atoms with Gasteiger partial charge in [0.05, 0.1) is 12.0 Å². The molecule has 2 rings (SSSR count). The van der Waals surface area contributed by atoms with Crippen LogP contribution in [0, 0.1) is 12.7 Å². The summed E-state index contributed by atoms with van der Waals surface area (Å²) < 4.78 is 13.9. The van der Waals surface area contributed by atoms with Crippen molar-refractivity contribution in [3.8, 4) is 0 Å². The molecule has 0 spiro atoms. The molecule has 0 radical (unpaired) electrons. The summed E-state index contributed by atoms with van der Waals surface area (Å²) >= 11 is 1.32. The SMILES string of the molecule is CONC(=O)c1sc2ccc(F)cc2c1C. The Morgan fingerprint density at radius 3 is 2.94 bits per heavy atom. The van der Waals surface area contributed by atoms with Gasteiger partial charge in [-0.25, -0.2) is 9.87 Å². The quantitative estimate of drug-likeness (QED) is 0.818. The molecule has 0 saturated carbocycles. The molecular formula is C11H10FNO2S. The zero-order valence-corrected chi connectivity index (χ0v) is 9.65. The predicted molar refractivity (Wildman–Crippen MR) is 61.0 cm³/mol. The van der Waals surface area contributed by atoms with E-state index in [1.165, 1.54) is 30.6 Å². The molecule has 1 N–H and O–H groups in total. The molecule has 0 atom stereocenters. The Kier molecular flexibility index (Phi) is 2.89. The third-order valence-electron chi connectivity index (χ3n) is 2.30. The Morgan fingerprint density at radius 2 is 2.25 bits per heavy atom. The highest BCUT2D eigenvalue weighted by molar-refractivity contribution is 7.21. The van der Waals surface area contributed by atoms with E-state index in [1.807, 2.05) is 0 Å². The minimum absolute atomic E-state index is 0.299. The highest BCUT2D eigenvalue weighted by Gasteiger charge is 2.15. The zero-order chi connectivity index (χ0) is 11.7. The molecule has 0 aliphatic heterocycles. The van der Waals surface area contributed by atoms with Gasteiger partial charge in [0.25, 0.3) is 5.91 Å². The van der Waals surface area contributed by atoms with E-state index in [0.717, 1.165) is 15.6 Å². The molecule has 3 nitrogen and oxygen atoms in total. The van der Waals surface area contributed by atoms with Crippen LogP contribution in [0.4, 0.5) is 4.39 Å². The van der Waals surface area contributed by atoms with E-state index in [0.29, 0.717) is 4.88 Å². The van der Waals surface area contributed by atoms with Crippen molar-refractivity contribution < 1.29 is 14.0 Å². The van der Waals surface area contributed by atoms with E-state index in [4.69, 9.17) is 0 Å². The molecule has 1 aromatic carbocycles. The second-order valence-electron chi connectivity index (χ2n) is 3.33. The summed E-state index contributed by atoms with van der Waals surface area (Å²) in [5.41, 5.74) is 3.03. The summed E-state index contributed by atoms with van der Waals surface area (Å²) in [5.74, 6) is -0.603. The van der Waals surface area contributed by atoms with Gasteiger partial charge in [-0.15, -0.1) is 11.3 Å². The molecule has 0 unspecified atom stereocenters. The molecule has 1 aromatic heterocycles. The van der Waals surface area contributed by atoms with Crippen molar-refractivity contribution in [2.75, 3.05) is 7.11 Å². The second-order valence-corrected chi connectivity index (χ2v) is 4.38. The minimum Gasteiger partial charge on any atom is -0.277 e. The Morgan fingerprint density at radius 1 is 1.50 bits per heavy atom. The van der Waals surface area contributed by atoms with Crippen LogP contribution in [0.5, 0.6) is 0 Å². The van der Waals surface area contributed by atoms with Gasteiger partial charge in [0, 0.05) is 4.70 Å². The number of hydrogen-bond acceptors (Lipinski definition) is 3. The first kappa shape index (κ1) is 11.0. The monoisotopic (exact) mass is 239 g/mol. The predicted octanol–water partition coefficient (Wildman–Crippen LogP) is 2.64. The number of benzene rings is 1. The molecule has 0 bridgehead atoms. The summed E-state index contributed by atoms with van der Waals surface area (Å²) in [6.45, 7) is 1.79. The Labute approximate surface area is 95.8 Å². The van der Waals surface area contributed by atoms with E-state index in [-0.39, 0.29) is 11.7 Å². The fraction of sp³-hybridized carbons (Fsp3) is 0.182. The lowest BCUT2D eigenvalue weighted by atomic mass is 10.1. The number of rotatable bonds is 2. The van der Waals surface area contributed by atoms with Crippen LogP contribution in [-0.2, 0) is 4.84 Å². The van der Waals surface area contributed by atoms with Gasteiger partial charge in [-0.05, 0) is 36.1 Å². The third kappa shape index (κ3) is 1.79. The molecule has 0 saturated heterocycles. The topological polar surface area (TPSA) is 38.3 Å². The maximum Gasteiger partial charge on any atom is 0.285 e. The van der Waals surface area contributed by atoms with Crippen molar-refractivity contribution in [1.82, 2.24) is 5.48 Å².